The molecular weight excluding hydrogens is 434 g/mol. The summed E-state index contributed by atoms with van der Waals surface area (Å²) in [6, 6.07) is 17.7. The van der Waals surface area contributed by atoms with E-state index in [9.17, 15) is 9.59 Å². The Labute approximate surface area is 198 Å². The van der Waals surface area contributed by atoms with E-state index in [4.69, 9.17) is 5.73 Å². The lowest BCUT2D eigenvalue weighted by Gasteiger charge is -2.23. The highest BCUT2D eigenvalue weighted by Crippen LogP contribution is 2.36. The number of amides is 3. The molecule has 7 nitrogen and oxygen atoms in total. The van der Waals surface area contributed by atoms with Crippen molar-refractivity contribution in [2.45, 2.75) is 18.9 Å². The first kappa shape index (κ1) is 22.8. The van der Waals surface area contributed by atoms with Gasteiger partial charge in [0.15, 0.2) is 0 Å². The van der Waals surface area contributed by atoms with Gasteiger partial charge in [0.1, 0.15) is 4.88 Å². The van der Waals surface area contributed by atoms with E-state index in [1.165, 1.54) is 11.3 Å². The molecule has 1 aromatic heterocycles. The molecular formula is C25H29N5O2S. The number of carbonyl (C=O) groups excluding carboxylic acids is 2. The fraction of sp³-hybridized carbons (Fsp3) is 0.280. The van der Waals surface area contributed by atoms with E-state index in [-0.39, 0.29) is 11.9 Å². The van der Waals surface area contributed by atoms with Gasteiger partial charge < -0.3 is 26.6 Å². The lowest BCUT2D eigenvalue weighted by atomic mass is 10.0. The second-order valence-electron chi connectivity index (χ2n) is 8.38. The Morgan fingerprint density at radius 2 is 1.82 bits per heavy atom. The maximum atomic E-state index is 13.0. The second-order valence-corrected chi connectivity index (χ2v) is 9.43. The quantitative estimate of drug-likeness (QED) is 0.442. The van der Waals surface area contributed by atoms with Crippen molar-refractivity contribution in [1.29, 1.82) is 0 Å². The number of hydrogen-bond acceptors (Lipinski definition) is 5. The largest absolute Gasteiger partial charge is 0.378 e. The SMILES string of the molecule is CN(C)c1ccc(-c2cccc(-c3cc(NC(N)=O)c(C(=O)N[C@H]4CCCNC4)s3)c2)cc1. The number of nitrogens with zero attached hydrogens (tertiary/aromatic N) is 1. The van der Waals surface area contributed by atoms with Crippen LogP contribution in [0.2, 0.25) is 0 Å². The molecule has 2 heterocycles. The number of benzene rings is 2. The van der Waals surface area contributed by atoms with E-state index >= 15 is 0 Å². The molecule has 3 aromatic rings. The van der Waals surface area contributed by atoms with Crippen LogP contribution in [0.25, 0.3) is 21.6 Å². The van der Waals surface area contributed by atoms with Gasteiger partial charge >= 0.3 is 6.03 Å². The Morgan fingerprint density at radius 1 is 1.06 bits per heavy atom. The zero-order valence-electron chi connectivity index (χ0n) is 18.9. The van der Waals surface area contributed by atoms with Crippen LogP contribution in [0.1, 0.15) is 22.5 Å². The highest BCUT2D eigenvalue weighted by Gasteiger charge is 2.22. The molecule has 0 unspecified atom stereocenters. The smallest absolute Gasteiger partial charge is 0.316 e. The first-order valence-corrected chi connectivity index (χ1v) is 11.8. The highest BCUT2D eigenvalue weighted by molar-refractivity contribution is 7.18. The average Bonchev–Trinajstić information content (AvgIpc) is 3.23. The van der Waals surface area contributed by atoms with Crippen molar-refractivity contribution in [2.75, 3.05) is 37.4 Å². The van der Waals surface area contributed by atoms with E-state index in [0.29, 0.717) is 10.6 Å². The minimum Gasteiger partial charge on any atom is -0.378 e. The van der Waals surface area contributed by atoms with Crippen LogP contribution in [0, 0.1) is 0 Å². The molecule has 0 aliphatic carbocycles. The number of piperidine rings is 1. The van der Waals surface area contributed by atoms with Crippen LogP contribution in [-0.4, -0.2) is 45.2 Å². The average molecular weight is 464 g/mol. The third-order valence-electron chi connectivity index (χ3n) is 5.69. The summed E-state index contributed by atoms with van der Waals surface area (Å²) in [5.74, 6) is -0.195. The fourth-order valence-electron chi connectivity index (χ4n) is 3.96. The van der Waals surface area contributed by atoms with Gasteiger partial charge in [-0.1, -0.05) is 30.3 Å². The van der Waals surface area contributed by atoms with Crippen molar-refractivity contribution >= 4 is 34.6 Å². The van der Waals surface area contributed by atoms with Crippen LogP contribution in [0.5, 0.6) is 0 Å². The molecule has 0 radical (unpaired) electrons. The summed E-state index contributed by atoms with van der Waals surface area (Å²) >= 11 is 1.35. The molecule has 4 rings (SSSR count). The van der Waals surface area contributed by atoms with Crippen molar-refractivity contribution in [2.24, 2.45) is 5.73 Å². The van der Waals surface area contributed by atoms with Crippen LogP contribution in [0.3, 0.4) is 0 Å². The molecule has 33 heavy (non-hydrogen) atoms. The molecule has 0 saturated carbocycles. The van der Waals surface area contributed by atoms with Crippen LogP contribution in [0.15, 0.2) is 54.6 Å². The normalized spacial score (nSPS) is 15.6. The maximum Gasteiger partial charge on any atom is 0.316 e. The first-order valence-electron chi connectivity index (χ1n) is 11.0. The molecule has 1 aliphatic rings. The lowest BCUT2D eigenvalue weighted by molar-refractivity contribution is 0.0935. The van der Waals surface area contributed by atoms with Crippen molar-refractivity contribution in [1.82, 2.24) is 10.6 Å². The summed E-state index contributed by atoms with van der Waals surface area (Å²) in [6.07, 6.45) is 1.96. The van der Waals surface area contributed by atoms with Gasteiger partial charge in [-0.2, -0.15) is 0 Å². The monoisotopic (exact) mass is 463 g/mol. The highest BCUT2D eigenvalue weighted by atomic mass is 32.1. The molecule has 8 heteroatoms. The lowest BCUT2D eigenvalue weighted by Crippen LogP contribution is -2.45. The summed E-state index contributed by atoms with van der Waals surface area (Å²) in [7, 11) is 4.03. The zero-order valence-corrected chi connectivity index (χ0v) is 19.7. The summed E-state index contributed by atoms with van der Waals surface area (Å²) in [6.45, 7) is 1.72. The Morgan fingerprint density at radius 3 is 2.48 bits per heavy atom. The van der Waals surface area contributed by atoms with Crippen LogP contribution in [0.4, 0.5) is 16.2 Å². The zero-order chi connectivity index (χ0) is 23.4. The third-order valence-corrected chi connectivity index (χ3v) is 6.88. The van der Waals surface area contributed by atoms with E-state index in [0.717, 1.165) is 53.2 Å². The molecule has 0 spiro atoms. The molecule has 172 valence electrons. The second kappa shape index (κ2) is 10.1. The third kappa shape index (κ3) is 5.53. The van der Waals surface area contributed by atoms with Gasteiger partial charge in [-0.15, -0.1) is 11.3 Å². The van der Waals surface area contributed by atoms with Crippen molar-refractivity contribution in [3.8, 4) is 21.6 Å². The van der Waals surface area contributed by atoms with Gasteiger partial charge in [-0.05, 0) is 60.3 Å². The number of nitrogens with two attached hydrogens (primary N) is 1. The molecule has 5 N–H and O–H groups in total. The van der Waals surface area contributed by atoms with Gasteiger partial charge in [0.05, 0.1) is 5.69 Å². The predicted molar refractivity (Wildman–Crippen MR) is 136 cm³/mol. The molecule has 3 amide bonds. The number of primary amides is 1. The first-order chi connectivity index (χ1) is 15.9. The number of hydrogen-bond donors (Lipinski definition) is 4. The summed E-state index contributed by atoms with van der Waals surface area (Å²) in [5.41, 5.74) is 10.1. The number of anilines is 2. The van der Waals surface area contributed by atoms with Gasteiger partial charge in [0.25, 0.3) is 5.91 Å². The molecule has 0 bridgehead atoms. The summed E-state index contributed by atoms with van der Waals surface area (Å²) in [5, 5.41) is 8.99. The van der Waals surface area contributed by atoms with Crippen LogP contribution >= 0.6 is 11.3 Å². The van der Waals surface area contributed by atoms with E-state index < -0.39 is 6.03 Å². The minimum atomic E-state index is -0.692. The number of urea groups is 1. The molecule has 1 atom stereocenters. The topological polar surface area (TPSA) is 99.5 Å². The van der Waals surface area contributed by atoms with E-state index in [1.807, 2.05) is 32.3 Å². The van der Waals surface area contributed by atoms with E-state index in [2.05, 4.69) is 57.2 Å². The Balaban J connectivity index is 1.62. The Hall–Kier alpha value is -3.36. The maximum absolute atomic E-state index is 13.0. The summed E-state index contributed by atoms with van der Waals surface area (Å²) in [4.78, 5) is 28.0. The Bertz CT molecular complexity index is 1130. The number of rotatable bonds is 6. The van der Waals surface area contributed by atoms with Crippen LogP contribution < -0.4 is 26.6 Å². The molecule has 2 aromatic carbocycles. The van der Waals surface area contributed by atoms with Gasteiger partial charge in [0.2, 0.25) is 0 Å². The standard InChI is InChI=1S/C25H29N5O2S/c1-30(2)20-10-8-16(9-11-20)17-5-3-6-18(13-17)22-14-21(29-25(26)32)23(33-22)24(31)28-19-7-4-12-27-15-19/h3,5-6,8-11,13-14,19,27H,4,7,12,15H2,1-2H3,(H,28,31)(H3,26,29,32)/t19-/m0/s1. The number of thiophene rings is 1. The van der Waals surface area contributed by atoms with Gasteiger partial charge in [-0.25, -0.2) is 4.79 Å². The molecule has 1 aliphatic heterocycles. The molecule has 1 fully saturated rings. The Kier molecular flexibility index (Phi) is 6.96. The minimum absolute atomic E-state index is 0.0756. The van der Waals surface area contributed by atoms with Gasteiger partial charge in [0, 0.05) is 37.2 Å². The van der Waals surface area contributed by atoms with Crippen molar-refractivity contribution in [3.63, 3.8) is 0 Å². The predicted octanol–water partition coefficient (Wildman–Crippen LogP) is 4.12. The van der Waals surface area contributed by atoms with Gasteiger partial charge in [-0.3, -0.25) is 4.79 Å². The summed E-state index contributed by atoms with van der Waals surface area (Å²) < 4.78 is 0. The fourth-order valence-corrected chi connectivity index (χ4v) is 4.97. The van der Waals surface area contributed by atoms with Crippen LogP contribution in [-0.2, 0) is 0 Å². The van der Waals surface area contributed by atoms with Crippen molar-refractivity contribution < 1.29 is 9.59 Å². The van der Waals surface area contributed by atoms with Crippen molar-refractivity contribution in [3.05, 3.63) is 59.5 Å². The molecule has 1 saturated heterocycles. The number of nitrogens with one attached hydrogen (secondary N) is 3. The number of carbonyl (C=O) groups is 2. The van der Waals surface area contributed by atoms with E-state index in [1.54, 1.807) is 0 Å².